The first-order valence-electron chi connectivity index (χ1n) is 6.11. The zero-order valence-electron chi connectivity index (χ0n) is 11.5. The largest absolute Gasteiger partial charge is 0.355 e. The molecule has 1 heterocycles. The van der Waals surface area contributed by atoms with Gasteiger partial charge in [0.1, 0.15) is 0 Å². The molecule has 1 aromatic heterocycles. The van der Waals surface area contributed by atoms with Crippen molar-refractivity contribution in [3.8, 4) is 0 Å². The molecule has 0 spiro atoms. The van der Waals surface area contributed by atoms with Gasteiger partial charge in [-0.15, -0.1) is 11.3 Å². The Morgan fingerprint density at radius 3 is 2.68 bits per heavy atom. The first-order valence-corrected chi connectivity index (χ1v) is 6.99. The van der Waals surface area contributed by atoms with Gasteiger partial charge in [-0.25, -0.2) is 9.78 Å². The van der Waals surface area contributed by atoms with Crippen molar-refractivity contribution in [2.45, 2.75) is 19.8 Å². The Morgan fingerprint density at radius 1 is 1.37 bits per heavy atom. The molecule has 0 aliphatic rings. The van der Waals surface area contributed by atoms with Gasteiger partial charge < -0.3 is 15.5 Å². The van der Waals surface area contributed by atoms with Gasteiger partial charge in [0.05, 0.1) is 17.7 Å². The van der Waals surface area contributed by atoms with Crippen LogP contribution in [0.5, 0.6) is 0 Å². The summed E-state index contributed by atoms with van der Waals surface area (Å²) in [5, 5.41) is 5.28. The van der Waals surface area contributed by atoms with Crippen molar-refractivity contribution in [2.75, 3.05) is 27.2 Å². The van der Waals surface area contributed by atoms with Crippen LogP contribution in [-0.2, 0) is 11.2 Å². The summed E-state index contributed by atoms with van der Waals surface area (Å²) in [5.74, 6) is -0.170. The van der Waals surface area contributed by atoms with Crippen molar-refractivity contribution in [1.82, 2.24) is 20.5 Å². The minimum atomic E-state index is -0.268. The lowest BCUT2D eigenvalue weighted by atomic mass is 10.2. The van der Waals surface area contributed by atoms with Crippen LogP contribution >= 0.6 is 11.3 Å². The second-order valence-corrected chi connectivity index (χ2v) is 5.31. The van der Waals surface area contributed by atoms with Crippen LogP contribution < -0.4 is 10.6 Å². The number of carbonyl (C=O) groups is 2. The molecule has 0 unspecified atom stereocenters. The minimum Gasteiger partial charge on any atom is -0.355 e. The van der Waals surface area contributed by atoms with Gasteiger partial charge in [-0.05, 0) is 19.8 Å². The number of thiazole rings is 1. The summed E-state index contributed by atoms with van der Waals surface area (Å²) < 4.78 is 0. The predicted molar refractivity (Wildman–Crippen MR) is 75.3 cm³/mol. The van der Waals surface area contributed by atoms with E-state index in [4.69, 9.17) is 0 Å². The molecule has 0 saturated heterocycles. The van der Waals surface area contributed by atoms with E-state index in [1.54, 1.807) is 25.4 Å². The highest BCUT2D eigenvalue weighted by atomic mass is 32.1. The van der Waals surface area contributed by atoms with E-state index in [1.807, 2.05) is 12.4 Å². The number of hydrogen-bond acceptors (Lipinski definition) is 4. The van der Waals surface area contributed by atoms with Crippen LogP contribution in [0.25, 0.3) is 0 Å². The zero-order chi connectivity index (χ0) is 14.3. The number of nitrogens with one attached hydrogen (secondary N) is 2. The summed E-state index contributed by atoms with van der Waals surface area (Å²) in [7, 11) is 3.26. The van der Waals surface area contributed by atoms with Crippen LogP contribution in [-0.4, -0.2) is 49.0 Å². The Morgan fingerprint density at radius 2 is 2.11 bits per heavy atom. The molecule has 1 rings (SSSR count). The van der Waals surface area contributed by atoms with Crippen LogP contribution in [0.4, 0.5) is 4.79 Å². The summed E-state index contributed by atoms with van der Waals surface area (Å²) >= 11 is 1.64. The van der Waals surface area contributed by atoms with E-state index in [-0.39, 0.29) is 18.5 Å². The fourth-order valence-corrected chi connectivity index (χ4v) is 2.24. The maximum Gasteiger partial charge on any atom is 0.317 e. The van der Waals surface area contributed by atoms with E-state index < -0.39 is 0 Å². The lowest BCUT2D eigenvalue weighted by Gasteiger charge is -2.11. The van der Waals surface area contributed by atoms with Crippen molar-refractivity contribution in [3.63, 3.8) is 0 Å². The minimum absolute atomic E-state index is 0.0105. The monoisotopic (exact) mass is 284 g/mol. The topological polar surface area (TPSA) is 74.3 Å². The summed E-state index contributed by atoms with van der Waals surface area (Å²) in [5.41, 5.74) is 2.90. The van der Waals surface area contributed by atoms with E-state index in [2.05, 4.69) is 15.6 Å². The lowest BCUT2D eigenvalue weighted by molar-refractivity contribution is -0.120. The van der Waals surface area contributed by atoms with Crippen LogP contribution in [0.2, 0.25) is 0 Å². The number of urea groups is 1. The molecular weight excluding hydrogens is 264 g/mol. The average molecular weight is 284 g/mol. The van der Waals surface area contributed by atoms with Gasteiger partial charge >= 0.3 is 6.03 Å². The zero-order valence-corrected chi connectivity index (χ0v) is 12.3. The van der Waals surface area contributed by atoms with Crippen LogP contribution in [0.1, 0.15) is 17.0 Å². The number of rotatable bonds is 6. The number of carbonyl (C=O) groups excluding carboxylic acids is 2. The van der Waals surface area contributed by atoms with Gasteiger partial charge in [0, 0.05) is 25.5 Å². The van der Waals surface area contributed by atoms with Gasteiger partial charge in [0.25, 0.3) is 0 Å². The summed E-state index contributed by atoms with van der Waals surface area (Å²) in [6.45, 7) is 2.60. The highest BCUT2D eigenvalue weighted by Gasteiger charge is 2.06. The highest BCUT2D eigenvalue weighted by molar-refractivity contribution is 7.09. The van der Waals surface area contributed by atoms with Crippen molar-refractivity contribution >= 4 is 23.3 Å². The van der Waals surface area contributed by atoms with E-state index in [0.29, 0.717) is 6.54 Å². The molecule has 0 fully saturated rings. The molecular formula is C12H20N4O2S. The quantitative estimate of drug-likeness (QED) is 0.758. The van der Waals surface area contributed by atoms with E-state index in [0.717, 1.165) is 18.5 Å². The van der Waals surface area contributed by atoms with E-state index >= 15 is 0 Å². The Bertz CT molecular complexity index is 431. The second-order valence-electron chi connectivity index (χ2n) is 4.37. The number of nitrogens with zero attached hydrogens (tertiary/aromatic N) is 2. The Kier molecular flexibility index (Phi) is 6.27. The van der Waals surface area contributed by atoms with E-state index in [1.165, 1.54) is 9.78 Å². The van der Waals surface area contributed by atoms with Gasteiger partial charge in [0.15, 0.2) is 0 Å². The SMILES string of the molecule is Cc1ncsc1CCCNC(=O)CNC(=O)N(C)C. The molecule has 1 aromatic rings. The Hall–Kier alpha value is -1.63. The van der Waals surface area contributed by atoms with Gasteiger partial charge in [0.2, 0.25) is 5.91 Å². The van der Waals surface area contributed by atoms with Crippen molar-refractivity contribution in [3.05, 3.63) is 16.1 Å². The molecule has 0 aliphatic heterocycles. The lowest BCUT2D eigenvalue weighted by Crippen LogP contribution is -2.41. The molecule has 0 saturated carbocycles. The third-order valence-electron chi connectivity index (χ3n) is 2.55. The average Bonchev–Trinajstić information content (AvgIpc) is 2.77. The molecule has 106 valence electrons. The third-order valence-corrected chi connectivity index (χ3v) is 3.55. The molecule has 0 bridgehead atoms. The smallest absolute Gasteiger partial charge is 0.317 e. The highest BCUT2D eigenvalue weighted by Crippen LogP contribution is 2.13. The Labute approximate surface area is 117 Å². The number of aryl methyl sites for hydroxylation is 2. The van der Waals surface area contributed by atoms with Crippen molar-refractivity contribution in [2.24, 2.45) is 0 Å². The first kappa shape index (κ1) is 15.4. The second kappa shape index (κ2) is 7.73. The van der Waals surface area contributed by atoms with Gasteiger partial charge in [-0.2, -0.15) is 0 Å². The third kappa shape index (κ3) is 5.69. The summed E-state index contributed by atoms with van der Waals surface area (Å²) in [6.07, 6.45) is 1.79. The Balaban J connectivity index is 2.11. The van der Waals surface area contributed by atoms with Crippen LogP contribution in [0.3, 0.4) is 0 Å². The summed E-state index contributed by atoms with van der Waals surface area (Å²) in [6, 6.07) is -0.268. The van der Waals surface area contributed by atoms with E-state index in [9.17, 15) is 9.59 Å². The fraction of sp³-hybridized carbons (Fsp3) is 0.583. The maximum absolute atomic E-state index is 11.4. The number of hydrogen-bond donors (Lipinski definition) is 2. The molecule has 0 atom stereocenters. The van der Waals surface area contributed by atoms with Gasteiger partial charge in [-0.3, -0.25) is 4.79 Å². The standard InChI is InChI=1S/C12H20N4O2S/c1-9-10(19-8-15-9)5-4-6-13-11(17)7-14-12(18)16(2)3/h8H,4-7H2,1-3H3,(H,13,17)(H,14,18). The van der Waals surface area contributed by atoms with Crippen LogP contribution in [0, 0.1) is 6.92 Å². The molecule has 2 N–H and O–H groups in total. The molecule has 6 nitrogen and oxygen atoms in total. The molecule has 0 aliphatic carbocycles. The summed E-state index contributed by atoms with van der Waals surface area (Å²) in [4.78, 5) is 29.5. The fourth-order valence-electron chi connectivity index (χ4n) is 1.42. The molecule has 7 heteroatoms. The van der Waals surface area contributed by atoms with Crippen molar-refractivity contribution < 1.29 is 9.59 Å². The normalized spacial score (nSPS) is 10.1. The molecule has 3 amide bonds. The maximum atomic E-state index is 11.4. The first-order chi connectivity index (χ1) is 9.00. The number of amides is 3. The van der Waals surface area contributed by atoms with Crippen molar-refractivity contribution in [1.29, 1.82) is 0 Å². The molecule has 0 aromatic carbocycles. The molecule has 0 radical (unpaired) electrons. The number of aromatic nitrogens is 1. The predicted octanol–water partition coefficient (Wildman–Crippen LogP) is 0.772. The molecule has 19 heavy (non-hydrogen) atoms. The van der Waals surface area contributed by atoms with Crippen LogP contribution in [0.15, 0.2) is 5.51 Å². The van der Waals surface area contributed by atoms with Gasteiger partial charge in [-0.1, -0.05) is 0 Å².